The van der Waals surface area contributed by atoms with Gasteiger partial charge in [0, 0.05) is 16.0 Å². The van der Waals surface area contributed by atoms with Crippen LogP contribution in [0.3, 0.4) is 0 Å². The van der Waals surface area contributed by atoms with E-state index >= 15 is 0 Å². The first-order valence-corrected chi connectivity index (χ1v) is 6.35. The molecular formula is C12H17NOS. The Bertz CT molecular complexity index is 385. The van der Waals surface area contributed by atoms with Gasteiger partial charge in [0.1, 0.15) is 5.75 Å². The summed E-state index contributed by atoms with van der Waals surface area (Å²) in [7, 11) is 1.71. The van der Waals surface area contributed by atoms with E-state index in [-0.39, 0.29) is 5.54 Å². The Kier molecular flexibility index (Phi) is 2.69. The first-order valence-electron chi connectivity index (χ1n) is 5.13. The molecule has 2 rings (SSSR count). The topological polar surface area (TPSA) is 35.2 Å². The molecule has 1 aliphatic carbocycles. The van der Waals surface area contributed by atoms with Crippen molar-refractivity contribution in [2.45, 2.75) is 30.2 Å². The van der Waals surface area contributed by atoms with Crippen LogP contribution >= 0.6 is 11.8 Å². The van der Waals surface area contributed by atoms with E-state index in [0.717, 1.165) is 18.6 Å². The number of hydrogen-bond acceptors (Lipinski definition) is 3. The smallest absolute Gasteiger partial charge is 0.124 e. The highest BCUT2D eigenvalue weighted by molar-refractivity contribution is 7.98. The highest BCUT2D eigenvalue weighted by atomic mass is 32.2. The summed E-state index contributed by atoms with van der Waals surface area (Å²) in [6.45, 7) is 2.11. The lowest BCUT2D eigenvalue weighted by Gasteiger charge is -2.17. The highest BCUT2D eigenvalue weighted by Crippen LogP contribution is 2.47. The van der Waals surface area contributed by atoms with Crippen molar-refractivity contribution in [3.63, 3.8) is 0 Å². The summed E-state index contributed by atoms with van der Waals surface area (Å²) < 4.78 is 5.40. The summed E-state index contributed by atoms with van der Waals surface area (Å²) in [5.41, 5.74) is 8.53. The van der Waals surface area contributed by atoms with E-state index in [1.54, 1.807) is 18.9 Å². The van der Waals surface area contributed by atoms with Crippen LogP contribution in [0.5, 0.6) is 5.75 Å². The fraction of sp³-hybridized carbons (Fsp3) is 0.500. The quantitative estimate of drug-likeness (QED) is 0.800. The zero-order valence-corrected chi connectivity index (χ0v) is 10.3. The Balaban J connectivity index is 2.51. The van der Waals surface area contributed by atoms with Crippen molar-refractivity contribution in [1.29, 1.82) is 0 Å². The van der Waals surface area contributed by atoms with E-state index in [0.29, 0.717) is 0 Å². The van der Waals surface area contributed by atoms with Crippen molar-refractivity contribution in [3.05, 3.63) is 23.3 Å². The summed E-state index contributed by atoms with van der Waals surface area (Å²) >= 11 is 1.76. The van der Waals surface area contributed by atoms with E-state index in [4.69, 9.17) is 10.5 Å². The second kappa shape index (κ2) is 3.72. The van der Waals surface area contributed by atoms with Crippen LogP contribution in [0.25, 0.3) is 0 Å². The number of aryl methyl sites for hydroxylation is 1. The molecule has 0 aliphatic heterocycles. The van der Waals surface area contributed by atoms with E-state index < -0.39 is 0 Å². The average Bonchev–Trinajstić information content (AvgIpc) is 2.97. The van der Waals surface area contributed by atoms with Gasteiger partial charge in [0.25, 0.3) is 0 Å². The Morgan fingerprint density at radius 3 is 2.53 bits per heavy atom. The maximum Gasteiger partial charge on any atom is 0.124 e. The lowest BCUT2D eigenvalue weighted by molar-refractivity contribution is 0.403. The van der Waals surface area contributed by atoms with E-state index in [1.807, 2.05) is 0 Å². The second-order valence-corrected chi connectivity index (χ2v) is 5.03. The van der Waals surface area contributed by atoms with Crippen molar-refractivity contribution in [2.75, 3.05) is 13.4 Å². The summed E-state index contributed by atoms with van der Waals surface area (Å²) in [6, 6.07) is 4.28. The standard InChI is InChI=1S/C12H17NOS/c1-8-6-10(14-2)9(7-11(8)15-3)12(13)4-5-12/h6-7H,4-5,13H2,1-3H3. The second-order valence-electron chi connectivity index (χ2n) is 4.18. The van der Waals surface area contributed by atoms with Crippen LogP contribution in [0.2, 0.25) is 0 Å². The third-order valence-corrected chi connectivity index (χ3v) is 3.92. The largest absolute Gasteiger partial charge is 0.496 e. The predicted octanol–water partition coefficient (Wildman–Crippen LogP) is 2.67. The fourth-order valence-electron chi connectivity index (χ4n) is 1.84. The molecule has 2 N–H and O–H groups in total. The van der Waals surface area contributed by atoms with Gasteiger partial charge in [0.15, 0.2) is 0 Å². The number of hydrogen-bond donors (Lipinski definition) is 1. The molecule has 0 heterocycles. The van der Waals surface area contributed by atoms with Crippen LogP contribution in [-0.2, 0) is 5.54 Å². The summed E-state index contributed by atoms with van der Waals surface area (Å²) in [5, 5.41) is 0. The van der Waals surface area contributed by atoms with Gasteiger partial charge in [-0.3, -0.25) is 0 Å². The van der Waals surface area contributed by atoms with Crippen molar-refractivity contribution in [2.24, 2.45) is 5.73 Å². The molecule has 0 aromatic heterocycles. The molecule has 1 saturated carbocycles. The Morgan fingerprint density at radius 2 is 2.07 bits per heavy atom. The number of ether oxygens (including phenoxy) is 1. The third kappa shape index (κ3) is 1.86. The molecule has 0 bridgehead atoms. The summed E-state index contributed by atoms with van der Waals surface area (Å²) in [6.07, 6.45) is 4.23. The first-order chi connectivity index (χ1) is 7.10. The molecule has 15 heavy (non-hydrogen) atoms. The molecule has 0 amide bonds. The monoisotopic (exact) mass is 223 g/mol. The Hall–Kier alpha value is -0.670. The molecule has 1 aliphatic rings. The van der Waals surface area contributed by atoms with Crippen LogP contribution in [0.4, 0.5) is 0 Å². The average molecular weight is 223 g/mol. The molecule has 1 aromatic rings. The lowest BCUT2D eigenvalue weighted by atomic mass is 10.0. The third-order valence-electron chi connectivity index (χ3n) is 3.04. The van der Waals surface area contributed by atoms with Crippen molar-refractivity contribution >= 4 is 11.8 Å². The Labute approximate surface area is 95.2 Å². The molecule has 0 radical (unpaired) electrons. The zero-order valence-electron chi connectivity index (χ0n) is 9.46. The van der Waals surface area contributed by atoms with Gasteiger partial charge < -0.3 is 10.5 Å². The number of methoxy groups -OCH3 is 1. The minimum atomic E-state index is -0.122. The maximum atomic E-state index is 6.23. The number of rotatable bonds is 3. The van der Waals surface area contributed by atoms with Gasteiger partial charge >= 0.3 is 0 Å². The van der Waals surface area contributed by atoms with Crippen LogP contribution in [-0.4, -0.2) is 13.4 Å². The summed E-state index contributed by atoms with van der Waals surface area (Å²) in [5.74, 6) is 0.935. The van der Waals surface area contributed by atoms with Crippen LogP contribution in [0.15, 0.2) is 17.0 Å². The minimum absolute atomic E-state index is 0.122. The van der Waals surface area contributed by atoms with Crippen LogP contribution in [0, 0.1) is 6.92 Å². The van der Waals surface area contributed by atoms with Gasteiger partial charge in [-0.1, -0.05) is 0 Å². The molecule has 3 heteroatoms. The number of thioether (sulfide) groups is 1. The Morgan fingerprint density at radius 1 is 1.40 bits per heavy atom. The normalized spacial score (nSPS) is 17.6. The van der Waals surface area contributed by atoms with Gasteiger partial charge in [-0.25, -0.2) is 0 Å². The molecule has 0 unspecified atom stereocenters. The molecule has 0 atom stereocenters. The number of benzene rings is 1. The van der Waals surface area contributed by atoms with Crippen molar-refractivity contribution in [3.8, 4) is 5.75 Å². The molecule has 0 saturated heterocycles. The van der Waals surface area contributed by atoms with Crippen LogP contribution in [0.1, 0.15) is 24.0 Å². The predicted molar refractivity (Wildman–Crippen MR) is 64.6 cm³/mol. The molecular weight excluding hydrogens is 206 g/mol. The van der Waals surface area contributed by atoms with E-state index in [1.165, 1.54) is 16.0 Å². The van der Waals surface area contributed by atoms with Gasteiger partial charge in [0.05, 0.1) is 7.11 Å². The minimum Gasteiger partial charge on any atom is -0.496 e. The lowest BCUT2D eigenvalue weighted by Crippen LogP contribution is -2.19. The fourth-order valence-corrected chi connectivity index (χ4v) is 2.46. The van der Waals surface area contributed by atoms with E-state index in [9.17, 15) is 0 Å². The van der Waals surface area contributed by atoms with Gasteiger partial charge in [0.2, 0.25) is 0 Å². The van der Waals surface area contributed by atoms with Gasteiger partial charge in [-0.15, -0.1) is 11.8 Å². The number of nitrogens with two attached hydrogens (primary N) is 1. The summed E-state index contributed by atoms with van der Waals surface area (Å²) in [4.78, 5) is 1.29. The van der Waals surface area contributed by atoms with Crippen molar-refractivity contribution in [1.82, 2.24) is 0 Å². The molecule has 82 valence electrons. The zero-order chi connectivity index (χ0) is 11.1. The molecule has 2 nitrogen and oxygen atoms in total. The molecule has 0 spiro atoms. The van der Waals surface area contributed by atoms with Gasteiger partial charge in [-0.05, 0) is 43.7 Å². The highest BCUT2D eigenvalue weighted by Gasteiger charge is 2.42. The SMILES string of the molecule is COc1cc(C)c(SC)cc1C1(N)CC1. The molecule has 1 fully saturated rings. The maximum absolute atomic E-state index is 6.23. The molecule has 1 aromatic carbocycles. The van der Waals surface area contributed by atoms with Gasteiger partial charge in [-0.2, -0.15) is 0 Å². The van der Waals surface area contributed by atoms with Crippen LogP contribution < -0.4 is 10.5 Å². The van der Waals surface area contributed by atoms with E-state index in [2.05, 4.69) is 25.3 Å². The first kappa shape index (κ1) is 10.8. The van der Waals surface area contributed by atoms with Crippen molar-refractivity contribution < 1.29 is 4.74 Å².